The maximum absolute atomic E-state index is 5.22. The molecule has 174 valence electrons. The molecule has 4 heterocycles. The van der Waals surface area contributed by atoms with Crippen molar-refractivity contribution >= 4 is 5.82 Å². The number of rotatable bonds is 8. The molecule has 0 amide bonds. The molecule has 3 aromatic rings. The van der Waals surface area contributed by atoms with Crippen LogP contribution in [0.4, 0.5) is 5.82 Å². The molecule has 1 N–H and O–H groups in total. The standard InChI is InChI=1S/C23H31N9O/c1-16(32-15-22(28-30-32)21-11-19(33-2)13-25-26-21)20-8-9-23(29-27-20)31-10-4-7-18(14-31)24-12-17-5-3-6-17/h8-9,11,13,15-18,24H,3-7,10,12,14H2,1-2H3/t16?,18-/m1/s1. The maximum Gasteiger partial charge on any atom is 0.151 e. The van der Waals surface area contributed by atoms with E-state index in [0.717, 1.165) is 37.1 Å². The first kappa shape index (κ1) is 21.7. The van der Waals surface area contributed by atoms with Gasteiger partial charge in [0.2, 0.25) is 0 Å². The van der Waals surface area contributed by atoms with Crippen LogP contribution in [-0.4, -0.2) is 68.2 Å². The van der Waals surface area contributed by atoms with Crippen molar-refractivity contribution in [2.75, 3.05) is 31.6 Å². The van der Waals surface area contributed by atoms with Gasteiger partial charge in [-0.3, -0.25) is 0 Å². The van der Waals surface area contributed by atoms with E-state index in [2.05, 4.69) is 47.0 Å². The lowest BCUT2D eigenvalue weighted by atomic mass is 9.85. The van der Waals surface area contributed by atoms with Gasteiger partial charge >= 0.3 is 0 Å². The van der Waals surface area contributed by atoms with E-state index in [0.29, 0.717) is 23.2 Å². The minimum atomic E-state index is -0.107. The fourth-order valence-electron chi connectivity index (χ4n) is 4.41. The summed E-state index contributed by atoms with van der Waals surface area (Å²) in [6.45, 7) is 5.20. The van der Waals surface area contributed by atoms with E-state index in [1.54, 1.807) is 24.1 Å². The van der Waals surface area contributed by atoms with E-state index < -0.39 is 0 Å². The van der Waals surface area contributed by atoms with Crippen LogP contribution in [-0.2, 0) is 0 Å². The van der Waals surface area contributed by atoms with Gasteiger partial charge in [0.05, 0.1) is 31.2 Å². The molecular formula is C23H31N9O. The fraction of sp³-hybridized carbons (Fsp3) is 0.565. The molecule has 1 aliphatic heterocycles. The average Bonchev–Trinajstić information content (AvgIpc) is 3.33. The summed E-state index contributed by atoms with van der Waals surface area (Å²) in [6, 6.07) is 6.31. The average molecular weight is 450 g/mol. The summed E-state index contributed by atoms with van der Waals surface area (Å²) in [5, 5.41) is 29.4. The molecule has 10 heteroatoms. The minimum absolute atomic E-state index is 0.107. The van der Waals surface area contributed by atoms with Crippen LogP contribution in [0, 0.1) is 5.92 Å². The van der Waals surface area contributed by atoms with E-state index in [1.165, 1.54) is 32.1 Å². The Bertz CT molecular complexity index is 1050. The normalized spacial score (nSPS) is 19.8. The lowest BCUT2D eigenvalue weighted by molar-refractivity contribution is 0.280. The first-order valence-electron chi connectivity index (χ1n) is 11.8. The summed E-state index contributed by atoms with van der Waals surface area (Å²) in [7, 11) is 1.60. The number of hydrogen-bond acceptors (Lipinski definition) is 9. The minimum Gasteiger partial charge on any atom is -0.495 e. The van der Waals surface area contributed by atoms with Crippen molar-refractivity contribution in [1.82, 2.24) is 40.7 Å². The van der Waals surface area contributed by atoms with Crippen molar-refractivity contribution in [3.63, 3.8) is 0 Å². The van der Waals surface area contributed by atoms with Crippen molar-refractivity contribution in [3.05, 3.63) is 36.3 Å². The summed E-state index contributed by atoms with van der Waals surface area (Å²) < 4.78 is 6.98. The number of piperidine rings is 1. The maximum atomic E-state index is 5.22. The molecule has 10 nitrogen and oxygen atoms in total. The first-order valence-corrected chi connectivity index (χ1v) is 11.8. The van der Waals surface area contributed by atoms with Crippen LogP contribution in [0.1, 0.15) is 50.8 Å². The lowest BCUT2D eigenvalue weighted by Gasteiger charge is -2.35. The van der Waals surface area contributed by atoms with Gasteiger partial charge in [-0.05, 0) is 57.2 Å². The fourth-order valence-corrected chi connectivity index (χ4v) is 4.41. The van der Waals surface area contributed by atoms with Crippen LogP contribution in [0.2, 0.25) is 0 Å². The van der Waals surface area contributed by atoms with Crippen LogP contribution in [0.3, 0.4) is 0 Å². The van der Waals surface area contributed by atoms with Gasteiger partial charge < -0.3 is 15.0 Å². The molecule has 2 aliphatic rings. The van der Waals surface area contributed by atoms with Crippen molar-refractivity contribution < 1.29 is 4.74 Å². The number of methoxy groups -OCH3 is 1. The van der Waals surface area contributed by atoms with Crippen LogP contribution < -0.4 is 15.0 Å². The Labute approximate surface area is 193 Å². The third kappa shape index (κ3) is 4.95. The summed E-state index contributed by atoms with van der Waals surface area (Å²) >= 11 is 0. The van der Waals surface area contributed by atoms with E-state index in [4.69, 9.17) is 4.74 Å². The molecule has 0 bridgehead atoms. The quantitative estimate of drug-likeness (QED) is 0.555. The Kier molecular flexibility index (Phi) is 6.43. The highest BCUT2D eigenvalue weighted by Crippen LogP contribution is 2.26. The predicted octanol–water partition coefficient (Wildman–Crippen LogP) is 2.50. The third-order valence-corrected chi connectivity index (χ3v) is 6.80. The van der Waals surface area contributed by atoms with Crippen LogP contribution in [0.15, 0.2) is 30.6 Å². The van der Waals surface area contributed by atoms with Crippen molar-refractivity contribution in [3.8, 4) is 17.1 Å². The number of nitrogens with zero attached hydrogens (tertiary/aromatic N) is 8. The Morgan fingerprint density at radius 2 is 2.00 bits per heavy atom. The highest BCUT2D eigenvalue weighted by atomic mass is 16.5. The van der Waals surface area contributed by atoms with E-state index in [9.17, 15) is 0 Å². The molecule has 1 saturated carbocycles. The second-order valence-electron chi connectivity index (χ2n) is 9.05. The largest absolute Gasteiger partial charge is 0.495 e. The number of anilines is 1. The molecule has 1 saturated heterocycles. The van der Waals surface area contributed by atoms with Gasteiger partial charge in [-0.15, -0.1) is 15.3 Å². The Morgan fingerprint density at radius 3 is 2.76 bits per heavy atom. The Hall–Kier alpha value is -3.14. The highest BCUT2D eigenvalue weighted by Gasteiger charge is 2.24. The molecule has 2 atom stereocenters. The van der Waals surface area contributed by atoms with Gasteiger partial charge in [-0.25, -0.2) is 4.68 Å². The SMILES string of the molecule is COc1cnnc(-c2cn(C(C)c3ccc(N4CCC[C@@H](NCC5CCC5)C4)nn3)nn2)c1. The van der Waals surface area contributed by atoms with E-state index in [1.807, 2.05) is 19.2 Å². The Morgan fingerprint density at radius 1 is 1.09 bits per heavy atom. The molecule has 3 aromatic heterocycles. The Balaban J connectivity index is 1.22. The zero-order valence-electron chi connectivity index (χ0n) is 19.3. The van der Waals surface area contributed by atoms with Crippen LogP contribution >= 0.6 is 0 Å². The number of aromatic nitrogens is 7. The van der Waals surface area contributed by atoms with Gasteiger partial charge in [-0.1, -0.05) is 11.6 Å². The van der Waals surface area contributed by atoms with Crippen LogP contribution in [0.25, 0.3) is 11.4 Å². The van der Waals surface area contributed by atoms with Crippen molar-refractivity contribution in [2.24, 2.45) is 5.92 Å². The number of hydrogen-bond donors (Lipinski definition) is 1. The molecule has 0 radical (unpaired) electrons. The second kappa shape index (κ2) is 9.78. The zero-order chi connectivity index (χ0) is 22.6. The smallest absolute Gasteiger partial charge is 0.151 e. The molecule has 1 unspecified atom stereocenters. The third-order valence-electron chi connectivity index (χ3n) is 6.80. The second-order valence-corrected chi connectivity index (χ2v) is 9.05. The monoisotopic (exact) mass is 449 g/mol. The topological polar surface area (TPSA) is 107 Å². The predicted molar refractivity (Wildman–Crippen MR) is 124 cm³/mol. The van der Waals surface area contributed by atoms with E-state index in [-0.39, 0.29) is 6.04 Å². The number of ether oxygens (including phenoxy) is 1. The van der Waals surface area contributed by atoms with Gasteiger partial charge in [0.15, 0.2) is 5.82 Å². The summed E-state index contributed by atoms with van der Waals surface area (Å²) in [6.07, 6.45) is 9.97. The molecular weight excluding hydrogens is 418 g/mol. The van der Waals surface area contributed by atoms with Crippen LogP contribution in [0.5, 0.6) is 5.75 Å². The molecule has 5 rings (SSSR count). The van der Waals surface area contributed by atoms with Gasteiger partial charge in [0.1, 0.15) is 17.1 Å². The molecule has 2 fully saturated rings. The van der Waals surface area contributed by atoms with E-state index >= 15 is 0 Å². The van der Waals surface area contributed by atoms with Gasteiger partial charge in [0, 0.05) is 25.2 Å². The molecule has 0 spiro atoms. The molecule has 33 heavy (non-hydrogen) atoms. The summed E-state index contributed by atoms with van der Waals surface area (Å²) in [5.74, 6) is 2.45. The lowest BCUT2D eigenvalue weighted by Crippen LogP contribution is -2.47. The van der Waals surface area contributed by atoms with Crippen molar-refractivity contribution in [2.45, 2.75) is 51.1 Å². The number of nitrogens with one attached hydrogen (secondary N) is 1. The first-order chi connectivity index (χ1) is 16.2. The summed E-state index contributed by atoms with van der Waals surface area (Å²) in [4.78, 5) is 2.35. The van der Waals surface area contributed by atoms with Gasteiger partial charge in [-0.2, -0.15) is 10.2 Å². The summed E-state index contributed by atoms with van der Waals surface area (Å²) in [5.41, 5.74) is 2.08. The molecule has 0 aromatic carbocycles. The zero-order valence-corrected chi connectivity index (χ0v) is 19.3. The van der Waals surface area contributed by atoms with Gasteiger partial charge in [0.25, 0.3) is 0 Å². The van der Waals surface area contributed by atoms with Crippen molar-refractivity contribution in [1.29, 1.82) is 0 Å². The highest BCUT2D eigenvalue weighted by molar-refractivity contribution is 5.53. The molecule has 1 aliphatic carbocycles.